The van der Waals surface area contributed by atoms with E-state index in [0.29, 0.717) is 18.0 Å². The summed E-state index contributed by atoms with van der Waals surface area (Å²) in [6.07, 6.45) is 1.68. The Kier molecular flexibility index (Phi) is 5.00. The van der Waals surface area contributed by atoms with Gasteiger partial charge in [0.2, 0.25) is 10.0 Å². The summed E-state index contributed by atoms with van der Waals surface area (Å²) in [6.45, 7) is 6.53. The third kappa shape index (κ3) is 4.66. The molecule has 1 heterocycles. The van der Waals surface area contributed by atoms with Gasteiger partial charge >= 0.3 is 0 Å². The molecule has 6 nitrogen and oxygen atoms in total. The van der Waals surface area contributed by atoms with E-state index in [2.05, 4.69) is 20.2 Å². The van der Waals surface area contributed by atoms with E-state index in [1.165, 1.54) is 0 Å². The number of hydrogen-bond acceptors (Lipinski definition) is 4. The maximum atomic E-state index is 12.5. The van der Waals surface area contributed by atoms with Crippen LogP contribution in [-0.2, 0) is 23.1 Å². The van der Waals surface area contributed by atoms with Gasteiger partial charge in [0, 0.05) is 30.5 Å². The van der Waals surface area contributed by atoms with Crippen LogP contribution in [0.15, 0.2) is 41.4 Å². The molecule has 0 aliphatic heterocycles. The zero-order chi connectivity index (χ0) is 16.2. The van der Waals surface area contributed by atoms with Crippen LogP contribution in [0.25, 0.3) is 0 Å². The Morgan fingerprint density at radius 1 is 1.14 bits per heavy atom. The van der Waals surface area contributed by atoms with Crippen molar-refractivity contribution in [1.29, 1.82) is 0 Å². The van der Waals surface area contributed by atoms with Crippen molar-refractivity contribution in [2.45, 2.75) is 44.3 Å². The Morgan fingerprint density at radius 2 is 1.86 bits per heavy atom. The fraction of sp³-hybridized carbons (Fsp3) is 0.400. The number of nitrogens with one attached hydrogen (secondary N) is 3. The van der Waals surface area contributed by atoms with E-state index in [0.717, 1.165) is 11.3 Å². The zero-order valence-electron chi connectivity index (χ0n) is 13.1. The highest BCUT2D eigenvalue weighted by Crippen LogP contribution is 2.17. The maximum Gasteiger partial charge on any atom is 0.241 e. The highest BCUT2D eigenvalue weighted by Gasteiger charge is 2.23. The second-order valence-corrected chi connectivity index (χ2v) is 7.80. The van der Waals surface area contributed by atoms with Gasteiger partial charge in [-0.2, -0.15) is 5.10 Å². The van der Waals surface area contributed by atoms with Gasteiger partial charge in [-0.3, -0.25) is 5.10 Å². The molecule has 0 aliphatic rings. The fourth-order valence-corrected chi connectivity index (χ4v) is 3.74. The van der Waals surface area contributed by atoms with Crippen molar-refractivity contribution >= 4 is 10.0 Å². The first kappa shape index (κ1) is 16.7. The summed E-state index contributed by atoms with van der Waals surface area (Å²) in [5.41, 5.74) is 1.17. The molecular weight excluding hydrogens is 300 g/mol. The van der Waals surface area contributed by atoms with Crippen molar-refractivity contribution in [2.75, 3.05) is 0 Å². The van der Waals surface area contributed by atoms with Crippen molar-refractivity contribution in [1.82, 2.24) is 20.2 Å². The van der Waals surface area contributed by atoms with Crippen LogP contribution in [-0.4, -0.2) is 24.2 Å². The van der Waals surface area contributed by atoms with E-state index in [4.69, 9.17) is 0 Å². The minimum absolute atomic E-state index is 0.307. The topological polar surface area (TPSA) is 86.9 Å². The van der Waals surface area contributed by atoms with Crippen LogP contribution in [0, 0.1) is 0 Å². The fourth-order valence-electron chi connectivity index (χ4n) is 2.09. The number of H-pyrrole nitrogens is 1. The second-order valence-electron chi connectivity index (χ2n) is 6.15. The van der Waals surface area contributed by atoms with Gasteiger partial charge in [0.1, 0.15) is 0 Å². The molecule has 2 rings (SSSR count). The van der Waals surface area contributed by atoms with Crippen LogP contribution in [0.4, 0.5) is 0 Å². The van der Waals surface area contributed by atoms with Crippen LogP contribution < -0.4 is 10.0 Å². The molecule has 7 heteroatoms. The van der Waals surface area contributed by atoms with Crippen LogP contribution in [0.1, 0.15) is 32.0 Å². The van der Waals surface area contributed by atoms with Crippen LogP contribution in [0.2, 0.25) is 0 Å². The lowest BCUT2D eigenvalue weighted by atomic mass is 10.1. The molecule has 0 radical (unpaired) electrons. The van der Waals surface area contributed by atoms with Crippen molar-refractivity contribution in [3.63, 3.8) is 0 Å². The summed E-state index contributed by atoms with van der Waals surface area (Å²) >= 11 is 0. The Hall–Kier alpha value is -1.70. The predicted octanol–water partition coefficient (Wildman–Crippen LogP) is 1.78. The molecule has 22 heavy (non-hydrogen) atoms. The number of rotatable bonds is 6. The summed E-state index contributed by atoms with van der Waals surface area (Å²) in [5.74, 6) is 0. The first-order chi connectivity index (χ1) is 10.3. The molecule has 0 unspecified atom stereocenters. The summed E-state index contributed by atoms with van der Waals surface area (Å²) in [4.78, 5) is 0.307. The van der Waals surface area contributed by atoms with Crippen molar-refractivity contribution in [3.8, 4) is 0 Å². The molecule has 0 atom stereocenters. The molecule has 0 aliphatic carbocycles. The normalized spacial score (nSPS) is 12.5. The quantitative estimate of drug-likeness (QED) is 0.756. The minimum atomic E-state index is -3.54. The van der Waals surface area contributed by atoms with E-state index in [9.17, 15) is 8.42 Å². The smallest absolute Gasteiger partial charge is 0.241 e. The van der Waals surface area contributed by atoms with Crippen molar-refractivity contribution in [3.05, 3.63) is 47.8 Å². The lowest BCUT2D eigenvalue weighted by molar-refractivity contribution is 0.490. The van der Waals surface area contributed by atoms with Gasteiger partial charge in [-0.15, -0.1) is 0 Å². The highest BCUT2D eigenvalue weighted by molar-refractivity contribution is 7.89. The average molecular weight is 322 g/mol. The molecule has 0 saturated heterocycles. The van der Waals surface area contributed by atoms with E-state index in [1.54, 1.807) is 18.3 Å². The Bertz CT molecular complexity index is 703. The van der Waals surface area contributed by atoms with Gasteiger partial charge in [-0.05, 0) is 38.5 Å². The summed E-state index contributed by atoms with van der Waals surface area (Å²) in [5, 5.41) is 9.95. The van der Waals surface area contributed by atoms with E-state index < -0.39 is 15.6 Å². The van der Waals surface area contributed by atoms with E-state index >= 15 is 0 Å². The Balaban J connectivity index is 2.12. The number of hydrogen-bond donors (Lipinski definition) is 3. The van der Waals surface area contributed by atoms with Crippen LogP contribution in [0.5, 0.6) is 0 Å². The van der Waals surface area contributed by atoms with Gasteiger partial charge in [0.25, 0.3) is 0 Å². The molecule has 0 bridgehead atoms. The van der Waals surface area contributed by atoms with Gasteiger partial charge in [0.15, 0.2) is 0 Å². The van der Waals surface area contributed by atoms with E-state index in [-0.39, 0.29) is 0 Å². The lowest BCUT2D eigenvalue weighted by Crippen LogP contribution is -2.40. The molecule has 0 spiro atoms. The van der Waals surface area contributed by atoms with Crippen LogP contribution >= 0.6 is 0 Å². The summed E-state index contributed by atoms with van der Waals surface area (Å²) < 4.78 is 27.7. The Morgan fingerprint density at radius 3 is 2.50 bits per heavy atom. The number of benzene rings is 1. The van der Waals surface area contributed by atoms with Crippen molar-refractivity contribution in [2.24, 2.45) is 0 Å². The largest absolute Gasteiger partial charge is 0.307 e. The molecule has 3 N–H and O–H groups in total. The lowest BCUT2D eigenvalue weighted by Gasteiger charge is -2.21. The molecule has 120 valence electrons. The average Bonchev–Trinajstić information content (AvgIpc) is 2.89. The summed E-state index contributed by atoms with van der Waals surface area (Å²) in [6, 6.07) is 8.88. The van der Waals surface area contributed by atoms with Gasteiger partial charge in [0.05, 0.1) is 4.90 Å². The van der Waals surface area contributed by atoms with Gasteiger partial charge in [-0.25, -0.2) is 13.1 Å². The third-order valence-corrected chi connectivity index (χ3v) is 4.75. The molecule has 1 aromatic carbocycles. The van der Waals surface area contributed by atoms with Gasteiger partial charge < -0.3 is 5.32 Å². The standard InChI is InChI=1S/C15H22N4O2S/c1-15(2,3)19-22(20,21)14-7-5-4-6-12(14)10-16-11-13-8-9-17-18-13/h4-9,16,19H,10-11H2,1-3H3,(H,17,18). The second kappa shape index (κ2) is 6.60. The van der Waals surface area contributed by atoms with Crippen molar-refractivity contribution < 1.29 is 8.42 Å². The number of aromatic amines is 1. The summed E-state index contributed by atoms with van der Waals surface area (Å²) in [7, 11) is -3.54. The first-order valence-electron chi connectivity index (χ1n) is 7.09. The van der Waals surface area contributed by atoms with Crippen LogP contribution in [0.3, 0.4) is 0 Å². The molecule has 2 aromatic rings. The molecule has 0 amide bonds. The molecule has 0 saturated carbocycles. The molecule has 1 aromatic heterocycles. The molecular formula is C15H22N4O2S. The maximum absolute atomic E-state index is 12.5. The monoisotopic (exact) mass is 322 g/mol. The number of sulfonamides is 1. The zero-order valence-corrected chi connectivity index (χ0v) is 13.9. The SMILES string of the molecule is CC(C)(C)NS(=O)(=O)c1ccccc1CNCc1ccn[nH]1. The highest BCUT2D eigenvalue weighted by atomic mass is 32.2. The number of nitrogens with zero attached hydrogens (tertiary/aromatic N) is 1. The van der Waals surface area contributed by atoms with Gasteiger partial charge in [-0.1, -0.05) is 18.2 Å². The third-order valence-electron chi connectivity index (χ3n) is 2.89. The Labute approximate surface area is 131 Å². The first-order valence-corrected chi connectivity index (χ1v) is 8.57. The predicted molar refractivity (Wildman–Crippen MR) is 85.6 cm³/mol. The minimum Gasteiger partial charge on any atom is -0.307 e. The molecule has 0 fully saturated rings. The number of aromatic nitrogens is 2. The van der Waals surface area contributed by atoms with E-state index in [1.807, 2.05) is 39.0 Å².